The van der Waals surface area contributed by atoms with Crippen LogP contribution >= 0.6 is 0 Å². The third-order valence-electron chi connectivity index (χ3n) is 2.64. The van der Waals surface area contributed by atoms with Crippen molar-refractivity contribution in [2.24, 2.45) is 0 Å². The molecular weight excluding hydrogens is 195 g/mol. The van der Waals surface area contributed by atoms with Crippen LogP contribution in [0.15, 0.2) is 12.1 Å². The number of ether oxygens (including phenoxy) is 1. The summed E-state index contributed by atoms with van der Waals surface area (Å²) in [6, 6.07) is 3.14. The number of aliphatic hydroxyl groups is 1. The lowest BCUT2D eigenvalue weighted by Crippen LogP contribution is -2.22. The second-order valence-electron chi connectivity index (χ2n) is 4.42. The van der Waals surface area contributed by atoms with Crippen LogP contribution in [0.25, 0.3) is 0 Å². The summed E-state index contributed by atoms with van der Waals surface area (Å²) in [6.07, 6.45) is 1.84. The number of rotatable bonds is 1. The van der Waals surface area contributed by atoms with Crippen molar-refractivity contribution < 1.29 is 14.2 Å². The first kappa shape index (κ1) is 10.4. The van der Waals surface area contributed by atoms with Crippen LogP contribution in [0, 0.1) is 5.82 Å². The number of halogens is 1. The highest BCUT2D eigenvalue weighted by Crippen LogP contribution is 2.37. The van der Waals surface area contributed by atoms with Crippen molar-refractivity contribution in [3.63, 3.8) is 0 Å². The van der Waals surface area contributed by atoms with E-state index in [1.165, 1.54) is 6.07 Å². The Kier molecular flexibility index (Phi) is 2.43. The summed E-state index contributed by atoms with van der Waals surface area (Å²) in [7, 11) is 0. The minimum Gasteiger partial charge on any atom is -0.493 e. The quantitative estimate of drug-likeness (QED) is 0.771. The van der Waals surface area contributed by atoms with Crippen molar-refractivity contribution in [1.82, 2.24) is 0 Å². The lowest BCUT2D eigenvalue weighted by molar-refractivity contribution is 0.0696. The number of benzene rings is 1. The minimum atomic E-state index is -1.20. The highest BCUT2D eigenvalue weighted by atomic mass is 19.1. The number of hydrogen-bond acceptors (Lipinski definition) is 2. The lowest BCUT2D eigenvalue weighted by atomic mass is 9.92. The molecule has 0 unspecified atom stereocenters. The average molecular weight is 210 g/mol. The van der Waals surface area contributed by atoms with Gasteiger partial charge in [0.1, 0.15) is 11.6 Å². The summed E-state index contributed by atoms with van der Waals surface area (Å²) >= 11 is 0. The molecule has 0 atom stereocenters. The molecule has 1 aliphatic rings. The molecule has 0 aromatic heterocycles. The van der Waals surface area contributed by atoms with E-state index in [0.717, 1.165) is 18.4 Å². The Labute approximate surface area is 88.7 Å². The van der Waals surface area contributed by atoms with E-state index >= 15 is 0 Å². The molecule has 1 aromatic carbocycles. The fraction of sp³-hybridized carbons (Fsp3) is 0.500. The molecule has 0 aliphatic carbocycles. The first-order valence-electron chi connectivity index (χ1n) is 5.17. The molecule has 0 fully saturated rings. The SMILES string of the molecule is CC(C)(O)c1c(F)ccc2c1OCCC2. The van der Waals surface area contributed by atoms with Crippen LogP contribution in [0.3, 0.4) is 0 Å². The van der Waals surface area contributed by atoms with Crippen LogP contribution < -0.4 is 4.74 Å². The Bertz CT molecular complexity index is 380. The van der Waals surface area contributed by atoms with E-state index in [4.69, 9.17) is 4.74 Å². The molecule has 1 aliphatic heterocycles. The van der Waals surface area contributed by atoms with Crippen molar-refractivity contribution in [2.45, 2.75) is 32.3 Å². The monoisotopic (exact) mass is 210 g/mol. The smallest absolute Gasteiger partial charge is 0.133 e. The standard InChI is InChI=1S/C12H15FO2/c1-12(2,14)10-9(13)6-5-8-4-3-7-15-11(8)10/h5-6,14H,3-4,7H2,1-2H3. The molecule has 0 radical (unpaired) electrons. The molecule has 2 rings (SSSR count). The second kappa shape index (κ2) is 3.49. The van der Waals surface area contributed by atoms with Crippen molar-refractivity contribution in [1.29, 1.82) is 0 Å². The third-order valence-corrected chi connectivity index (χ3v) is 2.64. The van der Waals surface area contributed by atoms with Gasteiger partial charge in [-0.05, 0) is 38.3 Å². The summed E-state index contributed by atoms with van der Waals surface area (Å²) in [5, 5.41) is 9.91. The van der Waals surface area contributed by atoms with Crippen LogP contribution in [0.2, 0.25) is 0 Å². The molecule has 2 nitrogen and oxygen atoms in total. The van der Waals surface area contributed by atoms with Gasteiger partial charge >= 0.3 is 0 Å². The van der Waals surface area contributed by atoms with Gasteiger partial charge in [0.25, 0.3) is 0 Å². The van der Waals surface area contributed by atoms with E-state index in [-0.39, 0.29) is 5.56 Å². The molecule has 82 valence electrons. The van der Waals surface area contributed by atoms with E-state index < -0.39 is 11.4 Å². The first-order valence-corrected chi connectivity index (χ1v) is 5.17. The maximum atomic E-state index is 13.6. The highest BCUT2D eigenvalue weighted by Gasteiger charge is 2.28. The van der Waals surface area contributed by atoms with Gasteiger partial charge in [0, 0.05) is 0 Å². The summed E-state index contributed by atoms with van der Waals surface area (Å²) in [6.45, 7) is 3.74. The van der Waals surface area contributed by atoms with Crippen LogP contribution in [0.5, 0.6) is 5.75 Å². The third kappa shape index (κ3) is 1.84. The van der Waals surface area contributed by atoms with Gasteiger partial charge < -0.3 is 9.84 Å². The summed E-state index contributed by atoms with van der Waals surface area (Å²) in [5.41, 5.74) is 0.0618. The van der Waals surface area contributed by atoms with Gasteiger partial charge in [-0.15, -0.1) is 0 Å². The van der Waals surface area contributed by atoms with E-state index in [9.17, 15) is 9.50 Å². The number of fused-ring (bicyclic) bond motifs is 1. The molecular formula is C12H15FO2. The Balaban J connectivity index is 2.60. The topological polar surface area (TPSA) is 29.5 Å². The van der Waals surface area contributed by atoms with Gasteiger partial charge in [0.05, 0.1) is 17.8 Å². The predicted molar refractivity (Wildman–Crippen MR) is 55.5 cm³/mol. The average Bonchev–Trinajstić information content (AvgIpc) is 2.15. The minimum absolute atomic E-state index is 0.278. The van der Waals surface area contributed by atoms with Gasteiger partial charge in [-0.2, -0.15) is 0 Å². The van der Waals surface area contributed by atoms with E-state index in [2.05, 4.69) is 0 Å². The number of hydrogen-bond donors (Lipinski definition) is 1. The predicted octanol–water partition coefficient (Wildman–Crippen LogP) is 2.38. The second-order valence-corrected chi connectivity index (χ2v) is 4.42. The Hall–Kier alpha value is -1.09. The van der Waals surface area contributed by atoms with Crippen LogP contribution in [0.4, 0.5) is 4.39 Å². The van der Waals surface area contributed by atoms with Crippen molar-refractivity contribution in [2.75, 3.05) is 6.61 Å². The molecule has 1 N–H and O–H groups in total. The van der Waals surface area contributed by atoms with Crippen LogP contribution in [-0.4, -0.2) is 11.7 Å². The maximum Gasteiger partial charge on any atom is 0.133 e. The molecule has 1 aromatic rings. The summed E-state index contributed by atoms with van der Waals surface area (Å²) in [4.78, 5) is 0. The van der Waals surface area contributed by atoms with E-state index in [1.54, 1.807) is 19.9 Å². The zero-order valence-electron chi connectivity index (χ0n) is 9.01. The molecule has 0 bridgehead atoms. The van der Waals surface area contributed by atoms with Gasteiger partial charge in [-0.25, -0.2) is 4.39 Å². The fourth-order valence-corrected chi connectivity index (χ4v) is 1.97. The van der Waals surface area contributed by atoms with E-state index in [0.29, 0.717) is 12.4 Å². The summed E-state index contributed by atoms with van der Waals surface area (Å²) < 4.78 is 19.1. The normalized spacial score (nSPS) is 15.7. The molecule has 3 heteroatoms. The molecule has 0 spiro atoms. The van der Waals surface area contributed by atoms with Gasteiger partial charge in [0.15, 0.2) is 0 Å². The highest BCUT2D eigenvalue weighted by molar-refractivity contribution is 5.46. The van der Waals surface area contributed by atoms with Gasteiger partial charge in [-0.1, -0.05) is 6.07 Å². The number of aryl methyl sites for hydroxylation is 1. The maximum absolute atomic E-state index is 13.6. The van der Waals surface area contributed by atoms with Crippen LogP contribution in [-0.2, 0) is 12.0 Å². The largest absolute Gasteiger partial charge is 0.493 e. The van der Waals surface area contributed by atoms with Crippen molar-refractivity contribution >= 4 is 0 Å². The molecule has 0 saturated carbocycles. The molecule has 15 heavy (non-hydrogen) atoms. The first-order chi connectivity index (χ1) is 7.00. The zero-order chi connectivity index (χ0) is 11.1. The van der Waals surface area contributed by atoms with Gasteiger partial charge in [0.2, 0.25) is 0 Å². The van der Waals surface area contributed by atoms with Crippen LogP contribution in [0.1, 0.15) is 31.4 Å². The molecule has 0 saturated heterocycles. The van der Waals surface area contributed by atoms with Gasteiger partial charge in [-0.3, -0.25) is 0 Å². The Morgan fingerprint density at radius 1 is 1.40 bits per heavy atom. The Morgan fingerprint density at radius 2 is 2.13 bits per heavy atom. The lowest BCUT2D eigenvalue weighted by Gasteiger charge is -2.26. The Morgan fingerprint density at radius 3 is 2.80 bits per heavy atom. The molecule has 0 amide bonds. The zero-order valence-corrected chi connectivity index (χ0v) is 9.01. The molecule has 1 heterocycles. The van der Waals surface area contributed by atoms with E-state index in [1.807, 2.05) is 0 Å². The van der Waals surface area contributed by atoms with Crippen molar-refractivity contribution in [3.8, 4) is 5.75 Å². The fourth-order valence-electron chi connectivity index (χ4n) is 1.97. The summed E-state index contributed by atoms with van der Waals surface area (Å²) in [5.74, 6) is 0.136. The van der Waals surface area contributed by atoms with Crippen molar-refractivity contribution in [3.05, 3.63) is 29.1 Å².